The van der Waals surface area contributed by atoms with Gasteiger partial charge in [0.15, 0.2) is 0 Å². The zero-order valence-corrected chi connectivity index (χ0v) is 10.6. The van der Waals surface area contributed by atoms with E-state index in [9.17, 15) is 4.39 Å². The molecule has 2 aromatic rings. The molecule has 0 atom stereocenters. The molecule has 1 aromatic carbocycles. The van der Waals surface area contributed by atoms with E-state index in [0.29, 0.717) is 27.6 Å². The monoisotopic (exact) mass is 295 g/mol. The van der Waals surface area contributed by atoms with E-state index in [0.717, 1.165) is 12.8 Å². The second-order valence-electron chi connectivity index (χ2n) is 4.25. The molecule has 1 fully saturated rings. The Hall–Kier alpha value is -1.36. The Balaban J connectivity index is 2.05. The molecule has 0 spiro atoms. The molecule has 0 aliphatic heterocycles. The van der Waals surface area contributed by atoms with Crippen LogP contribution in [0.15, 0.2) is 29.0 Å². The first kappa shape index (κ1) is 10.8. The number of nitrogens with zero attached hydrogens (tertiary/aromatic N) is 2. The van der Waals surface area contributed by atoms with Gasteiger partial charge < -0.3 is 10.3 Å². The van der Waals surface area contributed by atoms with Gasteiger partial charge in [0, 0.05) is 11.6 Å². The van der Waals surface area contributed by atoms with Gasteiger partial charge in [0.2, 0.25) is 0 Å². The normalized spacial score (nSPS) is 15.2. The number of nitrogen functional groups attached to an aromatic ring is 1. The highest BCUT2D eigenvalue weighted by molar-refractivity contribution is 9.10. The standard InChI is InChI=1S/C12H11BrFN3/c13-9-4-1-7(5-10(9)14)11-12(15)17(6-16-11)8-2-3-8/h1,4-6,8H,2-3,15H2. The topological polar surface area (TPSA) is 43.8 Å². The molecule has 0 unspecified atom stereocenters. The van der Waals surface area contributed by atoms with Crippen LogP contribution in [0.25, 0.3) is 11.3 Å². The van der Waals surface area contributed by atoms with E-state index in [-0.39, 0.29) is 5.82 Å². The predicted octanol–water partition coefficient (Wildman–Crippen LogP) is 3.37. The van der Waals surface area contributed by atoms with E-state index in [1.807, 2.05) is 10.6 Å². The number of nitrogens with two attached hydrogens (primary N) is 1. The summed E-state index contributed by atoms with van der Waals surface area (Å²) in [7, 11) is 0. The Labute approximate surface area is 107 Å². The van der Waals surface area contributed by atoms with Crippen molar-refractivity contribution in [2.24, 2.45) is 0 Å². The Bertz CT molecular complexity index is 575. The lowest BCUT2D eigenvalue weighted by molar-refractivity contribution is 0.621. The average Bonchev–Trinajstić information content (AvgIpc) is 3.07. The molecule has 0 saturated heterocycles. The number of imidazole rings is 1. The number of aromatic nitrogens is 2. The maximum absolute atomic E-state index is 13.5. The molecule has 0 bridgehead atoms. The van der Waals surface area contributed by atoms with Gasteiger partial charge in [0.05, 0.1) is 10.8 Å². The van der Waals surface area contributed by atoms with Gasteiger partial charge in [0.1, 0.15) is 17.3 Å². The first-order valence-corrected chi connectivity index (χ1v) is 6.24. The molecule has 1 heterocycles. The van der Waals surface area contributed by atoms with Gasteiger partial charge in [-0.3, -0.25) is 0 Å². The zero-order chi connectivity index (χ0) is 12.0. The molecule has 17 heavy (non-hydrogen) atoms. The highest BCUT2D eigenvalue weighted by Crippen LogP contribution is 2.39. The lowest BCUT2D eigenvalue weighted by Crippen LogP contribution is -1.99. The Kier molecular flexibility index (Phi) is 2.43. The molecule has 88 valence electrons. The maximum Gasteiger partial charge on any atom is 0.138 e. The zero-order valence-electron chi connectivity index (χ0n) is 9.03. The molecule has 0 radical (unpaired) electrons. The molecule has 1 aromatic heterocycles. The summed E-state index contributed by atoms with van der Waals surface area (Å²) in [6, 6.07) is 5.40. The fraction of sp³-hybridized carbons (Fsp3) is 0.250. The minimum absolute atomic E-state index is 0.303. The van der Waals surface area contributed by atoms with Crippen LogP contribution < -0.4 is 5.73 Å². The third-order valence-corrected chi connectivity index (χ3v) is 3.61. The quantitative estimate of drug-likeness (QED) is 0.923. The molecule has 3 rings (SSSR count). The van der Waals surface area contributed by atoms with Gasteiger partial charge in [-0.15, -0.1) is 0 Å². The highest BCUT2D eigenvalue weighted by atomic mass is 79.9. The number of anilines is 1. The summed E-state index contributed by atoms with van der Waals surface area (Å²) in [5.41, 5.74) is 7.40. The third kappa shape index (κ3) is 1.84. The number of hydrogen-bond donors (Lipinski definition) is 1. The number of rotatable bonds is 2. The molecule has 2 N–H and O–H groups in total. The number of hydrogen-bond acceptors (Lipinski definition) is 2. The fourth-order valence-corrected chi connectivity index (χ4v) is 2.13. The Morgan fingerprint density at radius 1 is 1.41 bits per heavy atom. The maximum atomic E-state index is 13.5. The van der Waals surface area contributed by atoms with Crippen molar-refractivity contribution in [3.63, 3.8) is 0 Å². The van der Waals surface area contributed by atoms with Crippen molar-refractivity contribution < 1.29 is 4.39 Å². The van der Waals surface area contributed by atoms with Gasteiger partial charge in [-0.2, -0.15) is 0 Å². The summed E-state index contributed by atoms with van der Waals surface area (Å²) in [5.74, 6) is 0.317. The largest absolute Gasteiger partial charge is 0.383 e. The van der Waals surface area contributed by atoms with Crippen LogP contribution in [0.3, 0.4) is 0 Å². The van der Waals surface area contributed by atoms with Crippen LogP contribution in [0.4, 0.5) is 10.2 Å². The van der Waals surface area contributed by atoms with Gasteiger partial charge >= 0.3 is 0 Å². The van der Waals surface area contributed by atoms with Gasteiger partial charge in [-0.25, -0.2) is 9.37 Å². The van der Waals surface area contributed by atoms with Crippen molar-refractivity contribution in [3.8, 4) is 11.3 Å². The van der Waals surface area contributed by atoms with E-state index >= 15 is 0 Å². The van der Waals surface area contributed by atoms with Crippen LogP contribution in [0.5, 0.6) is 0 Å². The summed E-state index contributed by atoms with van der Waals surface area (Å²) in [6.07, 6.45) is 4.03. The molecular formula is C12H11BrFN3. The van der Waals surface area contributed by atoms with Crippen molar-refractivity contribution in [3.05, 3.63) is 34.8 Å². The van der Waals surface area contributed by atoms with Crippen LogP contribution in [0.1, 0.15) is 18.9 Å². The predicted molar refractivity (Wildman–Crippen MR) is 68.0 cm³/mol. The van der Waals surface area contributed by atoms with Crippen molar-refractivity contribution in [2.75, 3.05) is 5.73 Å². The van der Waals surface area contributed by atoms with Gasteiger partial charge in [-0.1, -0.05) is 6.07 Å². The molecule has 1 aliphatic carbocycles. The Morgan fingerprint density at radius 2 is 2.18 bits per heavy atom. The van der Waals surface area contributed by atoms with Crippen molar-refractivity contribution in [2.45, 2.75) is 18.9 Å². The first-order valence-electron chi connectivity index (χ1n) is 5.44. The fourth-order valence-electron chi connectivity index (χ4n) is 1.88. The molecule has 3 nitrogen and oxygen atoms in total. The van der Waals surface area contributed by atoms with E-state index < -0.39 is 0 Å². The Morgan fingerprint density at radius 3 is 2.82 bits per heavy atom. The van der Waals surface area contributed by atoms with Crippen LogP contribution >= 0.6 is 15.9 Å². The molecular weight excluding hydrogens is 285 g/mol. The number of halogens is 2. The highest BCUT2D eigenvalue weighted by Gasteiger charge is 2.26. The molecule has 1 saturated carbocycles. The van der Waals surface area contributed by atoms with E-state index in [1.165, 1.54) is 6.07 Å². The lowest BCUT2D eigenvalue weighted by atomic mass is 10.1. The lowest BCUT2D eigenvalue weighted by Gasteiger charge is -2.04. The SMILES string of the molecule is Nc1c(-c2ccc(Br)c(F)c2)ncn1C1CC1. The van der Waals surface area contributed by atoms with Crippen LogP contribution in [-0.4, -0.2) is 9.55 Å². The van der Waals surface area contributed by atoms with E-state index in [4.69, 9.17) is 5.73 Å². The van der Waals surface area contributed by atoms with Crippen LogP contribution in [0, 0.1) is 5.82 Å². The molecule has 5 heteroatoms. The summed E-state index contributed by atoms with van der Waals surface area (Å²) < 4.78 is 15.9. The van der Waals surface area contributed by atoms with Crippen molar-refractivity contribution in [1.29, 1.82) is 0 Å². The molecule has 0 amide bonds. The van der Waals surface area contributed by atoms with Crippen LogP contribution in [-0.2, 0) is 0 Å². The summed E-state index contributed by atoms with van der Waals surface area (Å²) in [5, 5.41) is 0. The van der Waals surface area contributed by atoms with E-state index in [1.54, 1.807) is 12.4 Å². The summed E-state index contributed by atoms with van der Waals surface area (Å²) in [4.78, 5) is 4.27. The molecule has 1 aliphatic rings. The van der Waals surface area contributed by atoms with Crippen LogP contribution in [0.2, 0.25) is 0 Å². The average molecular weight is 296 g/mol. The van der Waals surface area contributed by atoms with E-state index in [2.05, 4.69) is 20.9 Å². The van der Waals surface area contributed by atoms with Gasteiger partial charge in [0.25, 0.3) is 0 Å². The number of benzene rings is 1. The smallest absolute Gasteiger partial charge is 0.138 e. The summed E-state index contributed by atoms with van der Waals surface area (Å²) >= 11 is 3.13. The second-order valence-corrected chi connectivity index (χ2v) is 5.10. The van der Waals surface area contributed by atoms with Crippen molar-refractivity contribution >= 4 is 21.7 Å². The second kappa shape index (κ2) is 3.84. The van der Waals surface area contributed by atoms with Crippen molar-refractivity contribution in [1.82, 2.24) is 9.55 Å². The minimum atomic E-state index is -0.303. The summed E-state index contributed by atoms with van der Waals surface area (Å²) in [6.45, 7) is 0. The third-order valence-electron chi connectivity index (χ3n) is 2.97. The van der Waals surface area contributed by atoms with Gasteiger partial charge in [-0.05, 0) is 40.9 Å². The first-order chi connectivity index (χ1) is 8.16. The minimum Gasteiger partial charge on any atom is -0.383 e.